The molecule has 0 aromatic heterocycles. The Labute approximate surface area is 62.4 Å². The number of aliphatic hydroxyl groups excluding tert-OH is 1. The minimum absolute atomic E-state index is 0.344. The van der Waals surface area contributed by atoms with Crippen molar-refractivity contribution in [2.45, 2.75) is 32.6 Å². The number of fused-ring (bicyclic) bond motifs is 1. The van der Waals surface area contributed by atoms with E-state index in [0.29, 0.717) is 12.0 Å². The first-order chi connectivity index (χ1) is 4.79. The second-order valence-corrected chi connectivity index (χ2v) is 4.16. The number of hydrogen-bond acceptors (Lipinski definition) is 1. The van der Waals surface area contributed by atoms with Crippen LogP contribution < -0.4 is 0 Å². The van der Waals surface area contributed by atoms with Gasteiger partial charge in [0.05, 0.1) is 0 Å². The van der Waals surface area contributed by atoms with Crippen molar-refractivity contribution in [3.8, 4) is 0 Å². The van der Waals surface area contributed by atoms with Gasteiger partial charge in [0.25, 0.3) is 0 Å². The highest BCUT2D eigenvalue weighted by Crippen LogP contribution is 2.64. The molecule has 0 amide bonds. The molecule has 2 rings (SSSR count). The zero-order valence-corrected chi connectivity index (χ0v) is 6.64. The Hall–Kier alpha value is -0.0400. The first kappa shape index (κ1) is 6.66. The molecule has 10 heavy (non-hydrogen) atoms. The molecule has 1 N–H and O–H groups in total. The van der Waals surface area contributed by atoms with Gasteiger partial charge in [-0.2, -0.15) is 0 Å². The van der Waals surface area contributed by atoms with Crippen LogP contribution >= 0.6 is 0 Å². The highest BCUT2D eigenvalue weighted by molar-refractivity contribution is 5.08. The normalized spacial score (nSPS) is 52.2. The minimum atomic E-state index is 0.344. The van der Waals surface area contributed by atoms with Gasteiger partial charge in [0.1, 0.15) is 0 Å². The van der Waals surface area contributed by atoms with E-state index in [2.05, 4.69) is 6.92 Å². The second-order valence-electron chi connectivity index (χ2n) is 4.16. The van der Waals surface area contributed by atoms with Crippen LogP contribution in [0.15, 0.2) is 0 Å². The lowest BCUT2D eigenvalue weighted by Crippen LogP contribution is -2.04. The summed E-state index contributed by atoms with van der Waals surface area (Å²) in [6.45, 7) is 2.66. The number of aliphatic hydroxyl groups is 1. The summed E-state index contributed by atoms with van der Waals surface area (Å²) in [4.78, 5) is 0. The van der Waals surface area contributed by atoms with Crippen LogP contribution in [-0.4, -0.2) is 11.7 Å². The number of hydrogen-bond donors (Lipinski definition) is 1. The Balaban J connectivity index is 2.04. The lowest BCUT2D eigenvalue weighted by molar-refractivity contribution is 0.203. The molecule has 0 radical (unpaired) electrons. The molecule has 0 heterocycles. The van der Waals surface area contributed by atoms with Gasteiger partial charge in [-0.15, -0.1) is 0 Å². The Bertz CT molecular complexity index is 130. The largest absolute Gasteiger partial charge is 0.396 e. The van der Waals surface area contributed by atoms with E-state index in [1.54, 1.807) is 0 Å². The maximum absolute atomic E-state index is 9.10. The van der Waals surface area contributed by atoms with E-state index in [1.807, 2.05) is 0 Å². The van der Waals surface area contributed by atoms with Gasteiger partial charge in [0.2, 0.25) is 0 Å². The summed E-state index contributed by atoms with van der Waals surface area (Å²) in [5.41, 5.74) is 0.344. The van der Waals surface area contributed by atoms with Crippen LogP contribution in [-0.2, 0) is 0 Å². The lowest BCUT2D eigenvalue weighted by Gasteiger charge is -2.04. The monoisotopic (exact) mass is 140 g/mol. The topological polar surface area (TPSA) is 20.2 Å². The third-order valence-electron chi connectivity index (χ3n) is 3.69. The predicted molar refractivity (Wildman–Crippen MR) is 40.6 cm³/mol. The molecule has 3 atom stereocenters. The fourth-order valence-electron chi connectivity index (χ4n) is 2.79. The van der Waals surface area contributed by atoms with Crippen LogP contribution in [0.5, 0.6) is 0 Å². The van der Waals surface area contributed by atoms with Crippen LogP contribution in [0.2, 0.25) is 0 Å². The number of rotatable bonds is 1. The molecule has 0 aromatic rings. The molecular weight excluding hydrogens is 124 g/mol. The molecule has 2 saturated carbocycles. The van der Waals surface area contributed by atoms with Crippen molar-refractivity contribution in [3.05, 3.63) is 0 Å². The Morgan fingerprint density at radius 2 is 1.80 bits per heavy atom. The Morgan fingerprint density at radius 3 is 2.20 bits per heavy atom. The van der Waals surface area contributed by atoms with Gasteiger partial charge in [-0.25, -0.2) is 0 Å². The zero-order valence-electron chi connectivity index (χ0n) is 6.64. The van der Waals surface area contributed by atoms with E-state index in [4.69, 9.17) is 5.11 Å². The second kappa shape index (κ2) is 1.97. The van der Waals surface area contributed by atoms with Gasteiger partial charge in [-0.05, 0) is 30.1 Å². The van der Waals surface area contributed by atoms with E-state index < -0.39 is 0 Å². The predicted octanol–water partition coefficient (Wildman–Crippen LogP) is 1.80. The van der Waals surface area contributed by atoms with Gasteiger partial charge >= 0.3 is 0 Å². The average molecular weight is 140 g/mol. The van der Waals surface area contributed by atoms with E-state index in [0.717, 1.165) is 11.8 Å². The van der Waals surface area contributed by atoms with E-state index in [9.17, 15) is 0 Å². The van der Waals surface area contributed by atoms with Gasteiger partial charge in [0, 0.05) is 6.61 Å². The maximum Gasteiger partial charge on any atom is 0.0490 e. The van der Waals surface area contributed by atoms with Crippen molar-refractivity contribution >= 4 is 0 Å². The molecule has 1 heteroatoms. The SMILES string of the molecule is CC1(CO)[C@@H]2CCCC[C@@H]21. The van der Waals surface area contributed by atoms with Gasteiger partial charge in [-0.1, -0.05) is 19.8 Å². The molecule has 0 bridgehead atoms. The van der Waals surface area contributed by atoms with Crippen LogP contribution in [0.3, 0.4) is 0 Å². The first-order valence-corrected chi connectivity index (χ1v) is 4.40. The summed E-state index contributed by atoms with van der Waals surface area (Å²) in [5.74, 6) is 1.76. The Kier molecular flexibility index (Phi) is 1.31. The molecule has 2 fully saturated rings. The quantitative estimate of drug-likeness (QED) is 0.589. The molecule has 1 unspecified atom stereocenters. The van der Waals surface area contributed by atoms with Gasteiger partial charge in [0.15, 0.2) is 0 Å². The third kappa shape index (κ3) is 0.672. The van der Waals surface area contributed by atoms with Crippen molar-refractivity contribution in [3.63, 3.8) is 0 Å². The highest BCUT2D eigenvalue weighted by Gasteiger charge is 2.60. The van der Waals surface area contributed by atoms with Gasteiger partial charge in [-0.3, -0.25) is 0 Å². The van der Waals surface area contributed by atoms with Crippen LogP contribution in [0.1, 0.15) is 32.6 Å². The first-order valence-electron chi connectivity index (χ1n) is 4.40. The summed E-state index contributed by atoms with van der Waals surface area (Å²) in [6, 6.07) is 0. The average Bonchev–Trinajstić information content (AvgIpc) is 2.60. The smallest absolute Gasteiger partial charge is 0.0490 e. The Morgan fingerprint density at radius 1 is 1.30 bits per heavy atom. The van der Waals surface area contributed by atoms with E-state index >= 15 is 0 Å². The van der Waals surface area contributed by atoms with Crippen molar-refractivity contribution in [2.75, 3.05) is 6.61 Å². The van der Waals surface area contributed by atoms with Crippen LogP contribution in [0.4, 0.5) is 0 Å². The molecule has 0 aliphatic heterocycles. The van der Waals surface area contributed by atoms with Gasteiger partial charge < -0.3 is 5.11 Å². The standard InChI is InChI=1S/C9H16O/c1-9(6-10)7-4-2-3-5-8(7)9/h7-8,10H,2-6H2,1H3/t7-,8+,9?. The van der Waals surface area contributed by atoms with Crippen molar-refractivity contribution < 1.29 is 5.11 Å². The molecular formula is C9H16O. The minimum Gasteiger partial charge on any atom is -0.396 e. The lowest BCUT2D eigenvalue weighted by atomic mass is 10.0. The van der Waals surface area contributed by atoms with Crippen LogP contribution in [0.25, 0.3) is 0 Å². The highest BCUT2D eigenvalue weighted by atomic mass is 16.3. The molecule has 58 valence electrons. The molecule has 1 nitrogen and oxygen atoms in total. The van der Waals surface area contributed by atoms with Crippen LogP contribution in [0, 0.1) is 17.3 Å². The molecule has 0 saturated heterocycles. The van der Waals surface area contributed by atoms with Crippen molar-refractivity contribution in [1.82, 2.24) is 0 Å². The summed E-state index contributed by atoms with van der Waals surface area (Å²) < 4.78 is 0. The summed E-state index contributed by atoms with van der Waals surface area (Å²) in [5, 5.41) is 9.10. The fraction of sp³-hybridized carbons (Fsp3) is 1.00. The van der Waals surface area contributed by atoms with Crippen molar-refractivity contribution in [2.24, 2.45) is 17.3 Å². The summed E-state index contributed by atoms with van der Waals surface area (Å²) >= 11 is 0. The molecule has 0 aromatic carbocycles. The summed E-state index contributed by atoms with van der Waals surface area (Å²) in [7, 11) is 0. The summed E-state index contributed by atoms with van der Waals surface area (Å²) in [6.07, 6.45) is 5.55. The molecule has 0 spiro atoms. The van der Waals surface area contributed by atoms with Crippen molar-refractivity contribution in [1.29, 1.82) is 0 Å². The third-order valence-corrected chi connectivity index (χ3v) is 3.69. The van der Waals surface area contributed by atoms with E-state index in [-0.39, 0.29) is 0 Å². The maximum atomic E-state index is 9.10. The fourth-order valence-corrected chi connectivity index (χ4v) is 2.79. The molecule has 2 aliphatic rings. The zero-order chi connectivity index (χ0) is 7.19. The van der Waals surface area contributed by atoms with E-state index in [1.165, 1.54) is 25.7 Å². The molecule has 2 aliphatic carbocycles.